The van der Waals surface area contributed by atoms with Crippen molar-refractivity contribution in [3.63, 3.8) is 0 Å². The van der Waals surface area contributed by atoms with Crippen molar-refractivity contribution in [1.29, 1.82) is 0 Å². The highest BCUT2D eigenvalue weighted by Gasteiger charge is 2.41. The van der Waals surface area contributed by atoms with Crippen molar-refractivity contribution in [2.45, 2.75) is 19.4 Å². The molecule has 134 valence electrons. The number of esters is 1. The first-order valence-electron chi connectivity index (χ1n) is 7.86. The Bertz CT molecular complexity index is 652. The molecule has 0 aromatic heterocycles. The fraction of sp³-hybridized carbons (Fsp3) is 0.412. The van der Waals surface area contributed by atoms with Gasteiger partial charge in [0, 0.05) is 20.3 Å². The number of hydrogen-bond donors (Lipinski definition) is 1. The van der Waals surface area contributed by atoms with Crippen LogP contribution in [0.1, 0.15) is 34.1 Å². The number of nitrogens with zero attached hydrogens (tertiary/aromatic N) is 1. The number of fused-ring (bicyclic) bond motifs is 1. The smallest absolute Gasteiger partial charge is 0.329 e. The average molecular weight is 348 g/mol. The molecule has 1 aliphatic rings. The monoisotopic (exact) mass is 348 g/mol. The van der Waals surface area contributed by atoms with Gasteiger partial charge in [-0.2, -0.15) is 0 Å². The van der Waals surface area contributed by atoms with Crippen LogP contribution in [0.4, 0.5) is 0 Å². The van der Waals surface area contributed by atoms with E-state index in [0.717, 1.165) is 4.90 Å². The molecular weight excluding hydrogens is 328 g/mol. The van der Waals surface area contributed by atoms with E-state index in [9.17, 15) is 19.2 Å². The van der Waals surface area contributed by atoms with Gasteiger partial charge in [-0.3, -0.25) is 19.3 Å². The van der Waals surface area contributed by atoms with Gasteiger partial charge in [-0.15, -0.1) is 0 Å². The highest BCUT2D eigenvalue weighted by molar-refractivity contribution is 6.22. The van der Waals surface area contributed by atoms with Gasteiger partial charge in [-0.1, -0.05) is 12.1 Å². The van der Waals surface area contributed by atoms with Crippen LogP contribution in [0.5, 0.6) is 0 Å². The maximum atomic E-state index is 12.3. The molecule has 8 nitrogen and oxygen atoms in total. The van der Waals surface area contributed by atoms with E-state index in [1.807, 2.05) is 0 Å². The Labute approximate surface area is 145 Å². The molecule has 0 fully saturated rings. The first-order valence-corrected chi connectivity index (χ1v) is 7.86. The van der Waals surface area contributed by atoms with E-state index in [2.05, 4.69) is 5.32 Å². The predicted molar refractivity (Wildman–Crippen MR) is 86.9 cm³/mol. The topological polar surface area (TPSA) is 102 Å². The van der Waals surface area contributed by atoms with Gasteiger partial charge in [0.25, 0.3) is 17.7 Å². The van der Waals surface area contributed by atoms with Crippen LogP contribution in [0.25, 0.3) is 0 Å². The number of carbonyl (C=O) groups is 4. The van der Waals surface area contributed by atoms with Crippen LogP contribution in [-0.2, 0) is 19.1 Å². The lowest BCUT2D eigenvalue weighted by atomic mass is 10.1. The van der Waals surface area contributed by atoms with Crippen molar-refractivity contribution >= 4 is 23.7 Å². The van der Waals surface area contributed by atoms with Gasteiger partial charge in [0.1, 0.15) is 6.04 Å². The van der Waals surface area contributed by atoms with Crippen molar-refractivity contribution in [2.75, 3.05) is 26.9 Å². The summed E-state index contributed by atoms with van der Waals surface area (Å²) in [6.45, 7) is 1.83. The summed E-state index contributed by atoms with van der Waals surface area (Å²) in [6.07, 6.45) is 0.641. The molecule has 1 atom stereocenters. The normalized spacial score (nSPS) is 14.2. The number of imide groups is 1. The molecule has 8 heteroatoms. The Kier molecular flexibility index (Phi) is 6.24. The molecule has 2 rings (SSSR count). The second kappa shape index (κ2) is 8.39. The van der Waals surface area contributed by atoms with Crippen LogP contribution in [0, 0.1) is 0 Å². The van der Waals surface area contributed by atoms with E-state index in [0.29, 0.717) is 19.6 Å². The number of benzene rings is 1. The minimum absolute atomic E-state index is 0.253. The molecule has 0 saturated heterocycles. The Morgan fingerprint density at radius 2 is 1.76 bits per heavy atom. The van der Waals surface area contributed by atoms with Gasteiger partial charge >= 0.3 is 5.97 Å². The molecule has 0 unspecified atom stereocenters. The zero-order valence-corrected chi connectivity index (χ0v) is 14.1. The summed E-state index contributed by atoms with van der Waals surface area (Å²) in [7, 11) is 1.56. The second-order valence-electron chi connectivity index (χ2n) is 5.51. The molecule has 1 aromatic carbocycles. The van der Waals surface area contributed by atoms with Gasteiger partial charge in [0.2, 0.25) is 0 Å². The Balaban J connectivity index is 1.88. The third-order valence-electron chi connectivity index (χ3n) is 3.75. The minimum Gasteiger partial charge on any atom is -0.454 e. The number of nitrogens with one attached hydrogen (secondary N) is 1. The molecule has 0 saturated carbocycles. The van der Waals surface area contributed by atoms with Gasteiger partial charge < -0.3 is 14.8 Å². The highest BCUT2D eigenvalue weighted by Crippen LogP contribution is 2.24. The average Bonchev–Trinajstić information content (AvgIpc) is 2.87. The fourth-order valence-corrected chi connectivity index (χ4v) is 2.42. The molecular formula is C17H20N2O6. The van der Waals surface area contributed by atoms with Crippen LogP contribution >= 0.6 is 0 Å². The molecule has 25 heavy (non-hydrogen) atoms. The number of ether oxygens (including phenoxy) is 2. The summed E-state index contributed by atoms with van der Waals surface area (Å²) >= 11 is 0. The second-order valence-corrected chi connectivity index (χ2v) is 5.51. The molecule has 3 amide bonds. The number of hydrogen-bond acceptors (Lipinski definition) is 6. The molecule has 1 heterocycles. The summed E-state index contributed by atoms with van der Waals surface area (Å²) in [5, 5.41) is 2.57. The number of carbonyl (C=O) groups excluding carboxylic acids is 4. The number of rotatable bonds is 8. The Morgan fingerprint density at radius 3 is 2.32 bits per heavy atom. The molecule has 1 aromatic rings. The van der Waals surface area contributed by atoms with E-state index in [4.69, 9.17) is 9.47 Å². The van der Waals surface area contributed by atoms with Crippen molar-refractivity contribution in [2.24, 2.45) is 0 Å². The van der Waals surface area contributed by atoms with Gasteiger partial charge in [-0.05, 0) is 25.5 Å². The summed E-state index contributed by atoms with van der Waals surface area (Å²) < 4.78 is 9.75. The van der Waals surface area contributed by atoms with Crippen LogP contribution in [0.2, 0.25) is 0 Å². The van der Waals surface area contributed by atoms with Crippen LogP contribution in [0.15, 0.2) is 24.3 Å². The van der Waals surface area contributed by atoms with Crippen molar-refractivity contribution in [1.82, 2.24) is 10.2 Å². The lowest BCUT2D eigenvalue weighted by Crippen LogP contribution is -2.44. The summed E-state index contributed by atoms with van der Waals surface area (Å²) in [5.41, 5.74) is 0.506. The minimum atomic E-state index is -1.12. The molecule has 0 radical (unpaired) electrons. The van der Waals surface area contributed by atoms with Crippen LogP contribution in [0.3, 0.4) is 0 Å². The lowest BCUT2D eigenvalue weighted by molar-refractivity contribution is -0.151. The predicted octanol–water partition coefficient (Wildman–Crippen LogP) is 0.367. The first kappa shape index (κ1) is 18.6. The quantitative estimate of drug-likeness (QED) is 0.414. The molecule has 1 N–H and O–H groups in total. The maximum Gasteiger partial charge on any atom is 0.329 e. The van der Waals surface area contributed by atoms with Crippen molar-refractivity contribution < 1.29 is 28.7 Å². The zero-order chi connectivity index (χ0) is 18.4. The molecule has 0 aliphatic carbocycles. The number of methoxy groups -OCH3 is 1. The Hall–Kier alpha value is -2.74. The van der Waals surface area contributed by atoms with Gasteiger partial charge in [0.15, 0.2) is 6.61 Å². The lowest BCUT2D eigenvalue weighted by Gasteiger charge is -2.20. The first-order chi connectivity index (χ1) is 12.0. The Morgan fingerprint density at radius 1 is 1.16 bits per heavy atom. The number of amides is 3. The van der Waals surface area contributed by atoms with Crippen molar-refractivity contribution in [3.05, 3.63) is 35.4 Å². The van der Waals surface area contributed by atoms with E-state index in [1.165, 1.54) is 19.1 Å². The van der Waals surface area contributed by atoms with Gasteiger partial charge in [0.05, 0.1) is 11.1 Å². The van der Waals surface area contributed by atoms with E-state index < -0.39 is 36.3 Å². The zero-order valence-electron chi connectivity index (χ0n) is 14.1. The fourth-order valence-electron chi connectivity index (χ4n) is 2.42. The highest BCUT2D eigenvalue weighted by atomic mass is 16.5. The molecule has 1 aliphatic heterocycles. The van der Waals surface area contributed by atoms with Crippen LogP contribution in [-0.4, -0.2) is 61.5 Å². The third kappa shape index (κ3) is 4.21. The van der Waals surface area contributed by atoms with Gasteiger partial charge in [-0.25, -0.2) is 4.79 Å². The SMILES string of the molecule is COCCCNC(=O)COC(=O)[C@@H](C)N1C(=O)c2ccccc2C1=O. The maximum absolute atomic E-state index is 12.3. The molecule has 0 bridgehead atoms. The van der Waals surface area contributed by atoms with Crippen LogP contribution < -0.4 is 5.32 Å². The van der Waals surface area contributed by atoms with E-state index in [-0.39, 0.29) is 11.1 Å². The molecule has 0 spiro atoms. The van der Waals surface area contributed by atoms with E-state index in [1.54, 1.807) is 19.2 Å². The standard InChI is InChI=1S/C17H20N2O6/c1-11(17(23)25-10-14(20)18-8-5-9-24-2)19-15(21)12-6-3-4-7-13(12)16(19)22/h3-4,6-7,11H,5,8-10H2,1-2H3,(H,18,20)/t11-/m1/s1. The summed E-state index contributed by atoms with van der Waals surface area (Å²) in [5.74, 6) is -2.37. The van der Waals surface area contributed by atoms with E-state index >= 15 is 0 Å². The summed E-state index contributed by atoms with van der Waals surface area (Å²) in [4.78, 5) is 49.1. The van der Waals surface area contributed by atoms with Crippen molar-refractivity contribution in [3.8, 4) is 0 Å². The largest absolute Gasteiger partial charge is 0.454 e. The third-order valence-corrected chi connectivity index (χ3v) is 3.75. The summed E-state index contributed by atoms with van der Waals surface area (Å²) in [6, 6.07) is 5.23.